The Kier molecular flexibility index (Phi) is 6.11. The number of aliphatic imine (C=N–C) groups is 1. The van der Waals surface area contributed by atoms with E-state index in [1.54, 1.807) is 18.5 Å². The van der Waals surface area contributed by atoms with Gasteiger partial charge < -0.3 is 10.1 Å². The molecule has 3 heterocycles. The van der Waals surface area contributed by atoms with Crippen molar-refractivity contribution in [2.45, 2.75) is 19.5 Å². The zero-order chi connectivity index (χ0) is 20.9. The Bertz CT molecular complexity index is 1110. The van der Waals surface area contributed by atoms with Crippen LogP contribution in [0.4, 0.5) is 10.1 Å². The van der Waals surface area contributed by atoms with Crippen LogP contribution in [0.2, 0.25) is 5.02 Å². The first-order chi connectivity index (χ1) is 14.6. The van der Waals surface area contributed by atoms with Crippen molar-refractivity contribution in [3.8, 4) is 5.75 Å². The maximum Gasteiger partial charge on any atom is 0.170 e. The van der Waals surface area contributed by atoms with E-state index >= 15 is 0 Å². The summed E-state index contributed by atoms with van der Waals surface area (Å²) in [5, 5.41) is 3.26. The molecule has 1 aromatic carbocycles. The third kappa shape index (κ3) is 4.69. The fourth-order valence-corrected chi connectivity index (χ4v) is 3.25. The minimum absolute atomic E-state index is 0.0232. The van der Waals surface area contributed by atoms with Crippen LogP contribution in [0.3, 0.4) is 0 Å². The molecule has 30 heavy (non-hydrogen) atoms. The summed E-state index contributed by atoms with van der Waals surface area (Å²) in [5.41, 5.74) is 3.27. The van der Waals surface area contributed by atoms with Gasteiger partial charge in [-0.25, -0.2) is 4.39 Å². The quantitative estimate of drug-likeness (QED) is 0.612. The highest BCUT2D eigenvalue weighted by atomic mass is 35.5. The van der Waals surface area contributed by atoms with E-state index in [1.807, 2.05) is 18.2 Å². The van der Waals surface area contributed by atoms with Crippen LogP contribution >= 0.6 is 11.6 Å². The van der Waals surface area contributed by atoms with Gasteiger partial charge in [-0.2, -0.15) is 0 Å². The van der Waals surface area contributed by atoms with Crippen molar-refractivity contribution < 1.29 is 13.9 Å². The molecule has 0 saturated carbocycles. The van der Waals surface area contributed by atoms with E-state index in [0.29, 0.717) is 41.5 Å². The fourth-order valence-electron chi connectivity index (χ4n) is 3.08. The van der Waals surface area contributed by atoms with Gasteiger partial charge in [0.2, 0.25) is 0 Å². The zero-order valence-corrected chi connectivity index (χ0v) is 16.7. The molecule has 3 aromatic rings. The Morgan fingerprint density at radius 1 is 1.10 bits per heavy atom. The molecule has 0 aliphatic carbocycles. The fraction of sp³-hybridized carbons (Fsp3) is 0.182. The summed E-state index contributed by atoms with van der Waals surface area (Å²) in [7, 11) is 0. The lowest BCUT2D eigenvalue weighted by Crippen LogP contribution is -2.22. The Morgan fingerprint density at radius 3 is 2.80 bits per heavy atom. The maximum atomic E-state index is 13.3. The number of nitrogens with zero attached hydrogens (tertiary/aromatic N) is 3. The topological polar surface area (TPSA) is 76.5 Å². The average Bonchev–Trinajstić information content (AvgIpc) is 2.76. The summed E-state index contributed by atoms with van der Waals surface area (Å²) in [5.74, 6) is -0.146. The molecule has 152 valence electrons. The molecule has 0 unspecified atom stereocenters. The Morgan fingerprint density at radius 2 is 2.00 bits per heavy atom. The number of nitrogens with one attached hydrogen (secondary N) is 1. The van der Waals surface area contributed by atoms with E-state index in [-0.39, 0.29) is 23.8 Å². The van der Waals surface area contributed by atoms with Crippen molar-refractivity contribution in [2.75, 3.05) is 6.61 Å². The lowest BCUT2D eigenvalue weighted by molar-refractivity contribution is 0.0998. The molecule has 0 saturated heterocycles. The van der Waals surface area contributed by atoms with Gasteiger partial charge in [0.1, 0.15) is 18.2 Å². The summed E-state index contributed by atoms with van der Waals surface area (Å²) < 4.78 is 18.9. The Balaban J connectivity index is 1.47. The molecular formula is C22H18ClFN4O2. The number of benzene rings is 1. The third-order valence-electron chi connectivity index (χ3n) is 4.56. The van der Waals surface area contributed by atoms with Crippen molar-refractivity contribution in [1.82, 2.24) is 15.3 Å². The van der Waals surface area contributed by atoms with Gasteiger partial charge in [-0.05, 0) is 30.3 Å². The minimum atomic E-state index is -0.517. The van der Waals surface area contributed by atoms with E-state index in [1.165, 1.54) is 18.2 Å². The van der Waals surface area contributed by atoms with Gasteiger partial charge in [-0.3, -0.25) is 19.8 Å². The predicted octanol–water partition coefficient (Wildman–Crippen LogP) is 4.30. The van der Waals surface area contributed by atoms with Crippen LogP contribution < -0.4 is 10.1 Å². The molecule has 0 amide bonds. The standard InChI is InChI=1S/C22H18ClFN4O2/c23-18-10-16(4-5-19(18)24)30-13-15-9-21(29)17-6-8-27-20(22(17)28-15)12-25-11-14-3-1-2-7-26-14/h1-8,10,25H,9,11-13H2. The Hall–Kier alpha value is -3.16. The molecule has 1 N–H and O–H groups in total. The number of aromatic nitrogens is 2. The molecule has 4 rings (SSSR count). The highest BCUT2D eigenvalue weighted by Crippen LogP contribution is 2.29. The number of pyridine rings is 2. The van der Waals surface area contributed by atoms with Gasteiger partial charge in [0.05, 0.1) is 34.2 Å². The highest BCUT2D eigenvalue weighted by molar-refractivity contribution is 6.30. The summed E-state index contributed by atoms with van der Waals surface area (Å²) >= 11 is 5.78. The molecule has 0 atom stereocenters. The number of Topliss-reactive ketones (excluding diaryl/α,β-unsaturated/α-hetero) is 1. The third-order valence-corrected chi connectivity index (χ3v) is 4.85. The van der Waals surface area contributed by atoms with Gasteiger partial charge in [0.15, 0.2) is 5.78 Å². The van der Waals surface area contributed by atoms with Crippen LogP contribution in [0.5, 0.6) is 5.75 Å². The first kappa shape index (κ1) is 20.1. The summed E-state index contributed by atoms with van der Waals surface area (Å²) in [6.45, 7) is 1.12. The summed E-state index contributed by atoms with van der Waals surface area (Å²) in [4.78, 5) is 25.9. The number of hydrogen-bond acceptors (Lipinski definition) is 6. The molecule has 0 bridgehead atoms. The number of fused-ring (bicyclic) bond motifs is 1. The molecule has 1 aliphatic heterocycles. The number of rotatable bonds is 7. The second-order valence-electron chi connectivity index (χ2n) is 6.72. The second-order valence-corrected chi connectivity index (χ2v) is 7.13. The van der Waals surface area contributed by atoms with Crippen molar-refractivity contribution in [3.63, 3.8) is 0 Å². The van der Waals surface area contributed by atoms with Gasteiger partial charge in [-0.15, -0.1) is 0 Å². The number of ether oxygens (including phenoxy) is 1. The zero-order valence-electron chi connectivity index (χ0n) is 15.9. The van der Waals surface area contributed by atoms with Gasteiger partial charge in [0, 0.05) is 37.1 Å². The molecule has 0 radical (unpaired) electrons. The predicted molar refractivity (Wildman–Crippen MR) is 112 cm³/mol. The molecule has 8 heteroatoms. The van der Waals surface area contributed by atoms with Gasteiger partial charge >= 0.3 is 0 Å². The summed E-state index contributed by atoms with van der Waals surface area (Å²) in [6.07, 6.45) is 3.52. The largest absolute Gasteiger partial charge is 0.488 e. The van der Waals surface area contributed by atoms with Crippen LogP contribution in [0, 0.1) is 5.82 Å². The summed E-state index contributed by atoms with van der Waals surface area (Å²) in [6, 6.07) is 11.5. The Labute approximate surface area is 177 Å². The monoisotopic (exact) mass is 424 g/mol. The molecule has 6 nitrogen and oxygen atoms in total. The van der Waals surface area contributed by atoms with Crippen molar-refractivity contribution in [1.29, 1.82) is 0 Å². The van der Waals surface area contributed by atoms with Crippen LogP contribution in [0.1, 0.15) is 28.2 Å². The van der Waals surface area contributed by atoms with Gasteiger partial charge in [-0.1, -0.05) is 17.7 Å². The van der Waals surface area contributed by atoms with Gasteiger partial charge in [0.25, 0.3) is 0 Å². The maximum absolute atomic E-state index is 13.3. The van der Waals surface area contributed by atoms with E-state index in [2.05, 4.69) is 20.3 Å². The van der Waals surface area contributed by atoms with Crippen molar-refractivity contribution in [3.05, 3.63) is 82.6 Å². The SMILES string of the molecule is O=C1CC(COc2ccc(F)c(Cl)c2)=Nc2c1ccnc2CNCc1ccccn1. The average molecular weight is 425 g/mol. The van der Waals surface area contributed by atoms with Crippen molar-refractivity contribution in [2.24, 2.45) is 4.99 Å². The highest BCUT2D eigenvalue weighted by Gasteiger charge is 2.23. The van der Waals surface area contributed by atoms with Crippen LogP contribution in [-0.4, -0.2) is 28.1 Å². The van der Waals surface area contributed by atoms with E-state index < -0.39 is 5.82 Å². The first-order valence-corrected chi connectivity index (χ1v) is 9.74. The lowest BCUT2D eigenvalue weighted by Gasteiger charge is -2.17. The number of carbonyl (C=O) groups excluding carboxylic acids is 1. The minimum Gasteiger partial charge on any atom is -0.488 e. The molecule has 1 aliphatic rings. The number of hydrogen-bond donors (Lipinski definition) is 1. The number of ketones is 1. The number of halogens is 2. The normalized spacial score (nSPS) is 13.0. The van der Waals surface area contributed by atoms with Crippen LogP contribution in [0.15, 0.2) is 59.9 Å². The van der Waals surface area contributed by atoms with E-state index in [4.69, 9.17) is 16.3 Å². The molecule has 2 aromatic heterocycles. The molecule has 0 fully saturated rings. The number of carbonyl (C=O) groups is 1. The molecular weight excluding hydrogens is 407 g/mol. The van der Waals surface area contributed by atoms with E-state index in [0.717, 1.165) is 5.69 Å². The van der Waals surface area contributed by atoms with E-state index in [9.17, 15) is 9.18 Å². The van der Waals surface area contributed by atoms with Crippen molar-refractivity contribution >= 4 is 28.8 Å². The van der Waals surface area contributed by atoms with Crippen LogP contribution in [0.25, 0.3) is 0 Å². The van der Waals surface area contributed by atoms with Crippen LogP contribution in [-0.2, 0) is 13.1 Å². The lowest BCUT2D eigenvalue weighted by atomic mass is 10.00. The smallest absolute Gasteiger partial charge is 0.170 e. The molecule has 0 spiro atoms. The first-order valence-electron chi connectivity index (χ1n) is 9.36. The second kappa shape index (κ2) is 9.11.